The summed E-state index contributed by atoms with van der Waals surface area (Å²) in [5.74, 6) is 0. The maximum Gasteiger partial charge on any atom is 0.0933 e. The SMILES string of the molecule is C[C@H](NOCc1ccccc1)c1ccccc1. The van der Waals surface area contributed by atoms with Crippen molar-refractivity contribution in [3.63, 3.8) is 0 Å². The molecule has 0 heterocycles. The van der Waals surface area contributed by atoms with Crippen molar-refractivity contribution >= 4 is 0 Å². The highest BCUT2D eigenvalue weighted by Gasteiger charge is 2.03. The maximum absolute atomic E-state index is 5.49. The molecular formula is C15H17NO. The molecule has 0 bridgehead atoms. The van der Waals surface area contributed by atoms with Crippen LogP contribution in [0.1, 0.15) is 24.1 Å². The normalized spacial score (nSPS) is 12.3. The minimum Gasteiger partial charge on any atom is -0.296 e. The van der Waals surface area contributed by atoms with Gasteiger partial charge in [0.25, 0.3) is 0 Å². The van der Waals surface area contributed by atoms with Crippen LogP contribution >= 0.6 is 0 Å². The number of rotatable bonds is 5. The molecule has 0 saturated carbocycles. The second-order valence-corrected chi connectivity index (χ2v) is 4.02. The molecule has 0 radical (unpaired) electrons. The first-order valence-electron chi connectivity index (χ1n) is 5.82. The van der Waals surface area contributed by atoms with Crippen molar-refractivity contribution in [3.05, 3.63) is 71.8 Å². The first kappa shape index (κ1) is 11.8. The molecule has 0 spiro atoms. The molecule has 2 rings (SSSR count). The monoisotopic (exact) mass is 227 g/mol. The fraction of sp³-hybridized carbons (Fsp3) is 0.200. The van der Waals surface area contributed by atoms with Gasteiger partial charge in [-0.15, -0.1) is 0 Å². The van der Waals surface area contributed by atoms with Gasteiger partial charge in [-0.25, -0.2) is 0 Å². The largest absolute Gasteiger partial charge is 0.296 e. The van der Waals surface area contributed by atoms with Gasteiger partial charge in [-0.1, -0.05) is 60.7 Å². The van der Waals surface area contributed by atoms with E-state index in [-0.39, 0.29) is 6.04 Å². The maximum atomic E-state index is 5.49. The van der Waals surface area contributed by atoms with Crippen molar-refractivity contribution in [3.8, 4) is 0 Å². The van der Waals surface area contributed by atoms with Crippen molar-refractivity contribution in [2.45, 2.75) is 19.6 Å². The highest BCUT2D eigenvalue weighted by molar-refractivity contribution is 5.17. The molecule has 0 aliphatic rings. The summed E-state index contributed by atoms with van der Waals surface area (Å²) in [6.45, 7) is 2.67. The van der Waals surface area contributed by atoms with E-state index in [9.17, 15) is 0 Å². The smallest absolute Gasteiger partial charge is 0.0933 e. The van der Waals surface area contributed by atoms with E-state index < -0.39 is 0 Å². The predicted octanol–water partition coefficient (Wildman–Crippen LogP) is 3.47. The molecule has 0 amide bonds. The minimum atomic E-state index is 0.194. The van der Waals surface area contributed by atoms with E-state index in [2.05, 4.69) is 36.7 Å². The van der Waals surface area contributed by atoms with Crippen LogP contribution in [0.5, 0.6) is 0 Å². The molecule has 0 aromatic heterocycles. The molecule has 17 heavy (non-hydrogen) atoms. The van der Waals surface area contributed by atoms with Crippen LogP contribution in [0.4, 0.5) is 0 Å². The Bertz CT molecular complexity index is 427. The third-order valence-corrected chi connectivity index (χ3v) is 2.64. The number of hydrogen-bond acceptors (Lipinski definition) is 2. The first-order chi connectivity index (χ1) is 8.36. The summed E-state index contributed by atoms with van der Waals surface area (Å²) in [5, 5.41) is 0. The zero-order chi connectivity index (χ0) is 11.9. The molecule has 1 N–H and O–H groups in total. The Morgan fingerprint density at radius 1 is 0.941 bits per heavy atom. The van der Waals surface area contributed by atoms with Crippen LogP contribution in [0.25, 0.3) is 0 Å². The lowest BCUT2D eigenvalue weighted by Gasteiger charge is -2.14. The fourth-order valence-corrected chi connectivity index (χ4v) is 1.63. The Kier molecular flexibility index (Phi) is 4.30. The Labute approximate surface area is 102 Å². The Morgan fingerprint density at radius 2 is 1.53 bits per heavy atom. The third kappa shape index (κ3) is 3.70. The highest BCUT2D eigenvalue weighted by atomic mass is 16.6. The molecule has 0 unspecified atom stereocenters. The van der Waals surface area contributed by atoms with E-state index in [0.717, 1.165) is 0 Å². The number of hydroxylamine groups is 1. The van der Waals surface area contributed by atoms with E-state index in [0.29, 0.717) is 6.61 Å². The third-order valence-electron chi connectivity index (χ3n) is 2.64. The summed E-state index contributed by atoms with van der Waals surface area (Å²) in [6.07, 6.45) is 0. The van der Waals surface area contributed by atoms with Crippen molar-refractivity contribution in [1.82, 2.24) is 5.48 Å². The minimum absolute atomic E-state index is 0.194. The van der Waals surface area contributed by atoms with Gasteiger partial charge in [0, 0.05) is 0 Å². The average Bonchev–Trinajstić information content (AvgIpc) is 2.41. The molecule has 0 aliphatic heterocycles. The summed E-state index contributed by atoms with van der Waals surface area (Å²) in [5.41, 5.74) is 5.44. The van der Waals surface area contributed by atoms with Crippen LogP contribution in [0.15, 0.2) is 60.7 Å². The predicted molar refractivity (Wildman–Crippen MR) is 69.2 cm³/mol. The topological polar surface area (TPSA) is 21.3 Å². The van der Waals surface area contributed by atoms with Gasteiger partial charge < -0.3 is 0 Å². The molecule has 0 aliphatic carbocycles. The zero-order valence-electron chi connectivity index (χ0n) is 9.97. The van der Waals surface area contributed by atoms with E-state index in [1.54, 1.807) is 0 Å². The van der Waals surface area contributed by atoms with Crippen molar-refractivity contribution in [1.29, 1.82) is 0 Å². The van der Waals surface area contributed by atoms with Gasteiger partial charge in [-0.05, 0) is 18.1 Å². The summed E-state index contributed by atoms with van der Waals surface area (Å²) >= 11 is 0. The highest BCUT2D eigenvalue weighted by Crippen LogP contribution is 2.11. The zero-order valence-corrected chi connectivity index (χ0v) is 9.97. The van der Waals surface area contributed by atoms with Gasteiger partial charge in [-0.3, -0.25) is 4.84 Å². The Hall–Kier alpha value is -1.64. The quantitative estimate of drug-likeness (QED) is 0.790. The van der Waals surface area contributed by atoms with Gasteiger partial charge in [0.1, 0.15) is 0 Å². The molecule has 2 aromatic rings. The van der Waals surface area contributed by atoms with E-state index >= 15 is 0 Å². The molecule has 2 heteroatoms. The molecule has 1 atom stereocenters. The fourth-order valence-electron chi connectivity index (χ4n) is 1.63. The second kappa shape index (κ2) is 6.18. The van der Waals surface area contributed by atoms with Crippen molar-refractivity contribution in [2.24, 2.45) is 0 Å². The second-order valence-electron chi connectivity index (χ2n) is 4.02. The van der Waals surface area contributed by atoms with Gasteiger partial charge in [0.15, 0.2) is 0 Å². The summed E-state index contributed by atoms with van der Waals surface area (Å²) in [4.78, 5) is 5.49. The molecule has 88 valence electrons. The number of benzene rings is 2. The van der Waals surface area contributed by atoms with Crippen molar-refractivity contribution < 1.29 is 4.84 Å². The summed E-state index contributed by atoms with van der Waals surface area (Å²) in [7, 11) is 0. The summed E-state index contributed by atoms with van der Waals surface area (Å²) in [6, 6.07) is 20.6. The van der Waals surface area contributed by atoms with E-state index in [4.69, 9.17) is 4.84 Å². The first-order valence-corrected chi connectivity index (χ1v) is 5.82. The van der Waals surface area contributed by atoms with Crippen LogP contribution in [0, 0.1) is 0 Å². The average molecular weight is 227 g/mol. The van der Waals surface area contributed by atoms with Gasteiger partial charge in [-0.2, -0.15) is 5.48 Å². The van der Waals surface area contributed by atoms with E-state index in [1.165, 1.54) is 11.1 Å². The van der Waals surface area contributed by atoms with Gasteiger partial charge >= 0.3 is 0 Å². The summed E-state index contributed by atoms with van der Waals surface area (Å²) < 4.78 is 0. The number of nitrogens with one attached hydrogen (secondary N) is 1. The van der Waals surface area contributed by atoms with Crippen LogP contribution in [-0.4, -0.2) is 0 Å². The number of hydrogen-bond donors (Lipinski definition) is 1. The molecule has 0 saturated heterocycles. The lowest BCUT2D eigenvalue weighted by molar-refractivity contribution is 0.00698. The van der Waals surface area contributed by atoms with Crippen LogP contribution in [0.3, 0.4) is 0 Å². The van der Waals surface area contributed by atoms with Gasteiger partial charge in [0.2, 0.25) is 0 Å². The van der Waals surface area contributed by atoms with Crippen molar-refractivity contribution in [2.75, 3.05) is 0 Å². The van der Waals surface area contributed by atoms with Crippen LogP contribution in [0.2, 0.25) is 0 Å². The molecule has 0 fully saturated rings. The molecule has 2 aromatic carbocycles. The lowest BCUT2D eigenvalue weighted by atomic mass is 10.1. The van der Waals surface area contributed by atoms with Crippen LogP contribution in [-0.2, 0) is 11.4 Å². The van der Waals surface area contributed by atoms with Gasteiger partial charge in [0.05, 0.1) is 12.6 Å². The lowest BCUT2D eigenvalue weighted by Crippen LogP contribution is -2.18. The standard InChI is InChI=1S/C15H17NO/c1-13(15-10-6-3-7-11-15)16-17-12-14-8-4-2-5-9-14/h2-11,13,16H,12H2,1H3/t13-/m0/s1. The Morgan fingerprint density at radius 3 is 2.18 bits per heavy atom. The molecular weight excluding hydrogens is 210 g/mol. The van der Waals surface area contributed by atoms with E-state index in [1.807, 2.05) is 36.4 Å². The van der Waals surface area contributed by atoms with Crippen LogP contribution < -0.4 is 5.48 Å². The Balaban J connectivity index is 1.79. The molecule has 2 nitrogen and oxygen atoms in total.